The molecule has 0 amide bonds. The maximum Gasteiger partial charge on any atom is 0.180 e. The van der Waals surface area contributed by atoms with Crippen LogP contribution in [0.3, 0.4) is 0 Å². The summed E-state index contributed by atoms with van der Waals surface area (Å²) in [5.74, 6) is 1.32. The van der Waals surface area contributed by atoms with Gasteiger partial charge in [0.25, 0.3) is 0 Å². The maximum atomic E-state index is 13.7. The van der Waals surface area contributed by atoms with Crippen molar-refractivity contribution in [3.63, 3.8) is 0 Å². The molecule has 0 aromatic heterocycles. The molecule has 0 saturated heterocycles. The van der Waals surface area contributed by atoms with Crippen molar-refractivity contribution in [2.75, 3.05) is 0 Å². The molecule has 3 aliphatic carbocycles. The monoisotopic (exact) mass is 402 g/mol. The van der Waals surface area contributed by atoms with E-state index in [2.05, 4.69) is 5.92 Å². The molecule has 0 spiro atoms. The summed E-state index contributed by atoms with van der Waals surface area (Å²) >= 11 is 0. The van der Waals surface area contributed by atoms with Gasteiger partial charge in [-0.2, -0.15) is 0 Å². The smallest absolute Gasteiger partial charge is 0.180 e. The molecule has 0 radical (unpaired) electrons. The molecule has 1 aromatic carbocycles. The van der Waals surface area contributed by atoms with Crippen molar-refractivity contribution in [1.29, 1.82) is 0 Å². The SMILES string of the molecule is C#Cc1cc2c(c(C)c1C)C(O)=C1C(=O)[C@@]3(C)C(=O)C(C(C)=O)=C(C)C[C@H]3C[C@H]1C2. The van der Waals surface area contributed by atoms with Gasteiger partial charge >= 0.3 is 0 Å². The average Bonchev–Trinajstić information content (AvgIpc) is 2.67. The molecular formula is C26H26O4. The Morgan fingerprint density at radius 1 is 1.17 bits per heavy atom. The second kappa shape index (κ2) is 6.54. The van der Waals surface area contributed by atoms with Gasteiger partial charge in [-0.15, -0.1) is 6.42 Å². The zero-order valence-corrected chi connectivity index (χ0v) is 18.1. The molecular weight excluding hydrogens is 376 g/mol. The van der Waals surface area contributed by atoms with E-state index in [1.54, 1.807) is 6.92 Å². The summed E-state index contributed by atoms with van der Waals surface area (Å²) in [7, 11) is 0. The minimum absolute atomic E-state index is 0.0291. The fraction of sp³-hybridized carbons (Fsp3) is 0.423. The standard InChI is InChI=1S/C26H26O4/c1-7-16-9-17-10-18-11-19-8-12(2)20(15(5)27)24(29)26(19,6)25(30)22(18)23(28)21(17)14(4)13(16)3/h1,9,18-19,28H,8,10-11H2,2-6H3/t18-,19+,26-/m1/s1. The fourth-order valence-corrected chi connectivity index (χ4v) is 5.82. The molecule has 4 heteroatoms. The highest BCUT2D eigenvalue weighted by Crippen LogP contribution is 2.54. The Bertz CT molecular complexity index is 1150. The Balaban J connectivity index is 1.92. The van der Waals surface area contributed by atoms with Crippen molar-refractivity contribution in [3.8, 4) is 12.3 Å². The lowest BCUT2D eigenvalue weighted by Gasteiger charge is -2.47. The number of ketones is 3. The minimum Gasteiger partial charge on any atom is -0.507 e. The zero-order valence-electron chi connectivity index (χ0n) is 18.1. The Kier molecular flexibility index (Phi) is 4.43. The first-order chi connectivity index (χ1) is 14.0. The molecule has 1 N–H and O–H groups in total. The number of aliphatic hydroxyl groups is 1. The predicted octanol–water partition coefficient (Wildman–Crippen LogP) is 4.20. The van der Waals surface area contributed by atoms with Gasteiger partial charge in [-0.25, -0.2) is 0 Å². The molecule has 0 heterocycles. The number of terminal acetylenes is 1. The number of aliphatic hydroxyl groups excluding tert-OH is 1. The van der Waals surface area contributed by atoms with Gasteiger partial charge in [0, 0.05) is 16.7 Å². The number of carbonyl (C=O) groups is 3. The van der Waals surface area contributed by atoms with Gasteiger partial charge in [0.2, 0.25) is 0 Å². The summed E-state index contributed by atoms with van der Waals surface area (Å²) < 4.78 is 0. The number of fused-ring (bicyclic) bond motifs is 3. The van der Waals surface area contributed by atoms with Crippen molar-refractivity contribution >= 4 is 23.1 Å². The zero-order chi connectivity index (χ0) is 22.1. The summed E-state index contributed by atoms with van der Waals surface area (Å²) in [5, 5.41) is 11.2. The molecule has 30 heavy (non-hydrogen) atoms. The van der Waals surface area contributed by atoms with E-state index in [4.69, 9.17) is 6.42 Å². The van der Waals surface area contributed by atoms with Gasteiger partial charge in [-0.05, 0) is 88.5 Å². The molecule has 154 valence electrons. The minimum atomic E-state index is -1.31. The van der Waals surface area contributed by atoms with Crippen LogP contribution in [0.4, 0.5) is 0 Å². The highest BCUT2D eigenvalue weighted by atomic mass is 16.3. The average molecular weight is 402 g/mol. The third-order valence-corrected chi connectivity index (χ3v) is 7.64. The van der Waals surface area contributed by atoms with Crippen molar-refractivity contribution in [1.82, 2.24) is 0 Å². The van der Waals surface area contributed by atoms with Crippen LogP contribution in [0.2, 0.25) is 0 Å². The number of carbonyl (C=O) groups excluding carboxylic acids is 3. The summed E-state index contributed by atoms with van der Waals surface area (Å²) in [6, 6.07) is 1.94. The Morgan fingerprint density at radius 3 is 2.43 bits per heavy atom. The molecule has 1 saturated carbocycles. The summed E-state index contributed by atoms with van der Waals surface area (Å²) in [4.78, 5) is 39.2. The number of benzene rings is 1. The molecule has 0 aliphatic heterocycles. The normalized spacial score (nSPS) is 28.0. The second-order valence-corrected chi connectivity index (χ2v) is 9.22. The predicted molar refractivity (Wildman–Crippen MR) is 115 cm³/mol. The van der Waals surface area contributed by atoms with Crippen molar-refractivity contribution in [2.24, 2.45) is 17.3 Å². The summed E-state index contributed by atoms with van der Waals surface area (Å²) in [5.41, 5.74) is 4.13. The van der Waals surface area contributed by atoms with Crippen LogP contribution in [-0.2, 0) is 20.8 Å². The maximum absolute atomic E-state index is 13.7. The lowest BCUT2D eigenvalue weighted by atomic mass is 9.53. The number of allylic oxidation sites excluding steroid dienone is 3. The largest absolute Gasteiger partial charge is 0.507 e. The number of hydrogen-bond acceptors (Lipinski definition) is 4. The molecule has 0 unspecified atom stereocenters. The van der Waals surface area contributed by atoms with Gasteiger partial charge in [0.1, 0.15) is 5.76 Å². The number of Topliss-reactive ketones (excluding diaryl/α,β-unsaturated/α-hetero) is 3. The number of hydrogen-bond donors (Lipinski definition) is 1. The van der Waals surface area contributed by atoms with Crippen LogP contribution in [0.15, 0.2) is 22.8 Å². The van der Waals surface area contributed by atoms with E-state index in [0.29, 0.717) is 30.4 Å². The second-order valence-electron chi connectivity index (χ2n) is 9.22. The highest BCUT2D eigenvalue weighted by molar-refractivity contribution is 6.31. The van der Waals surface area contributed by atoms with E-state index in [1.807, 2.05) is 26.8 Å². The third-order valence-electron chi connectivity index (χ3n) is 7.64. The highest BCUT2D eigenvalue weighted by Gasteiger charge is 2.58. The fourth-order valence-electron chi connectivity index (χ4n) is 5.82. The van der Waals surface area contributed by atoms with Crippen molar-refractivity contribution in [3.05, 3.63) is 50.6 Å². The first kappa shape index (κ1) is 20.3. The van der Waals surface area contributed by atoms with Crippen LogP contribution in [0.25, 0.3) is 5.76 Å². The van der Waals surface area contributed by atoms with Crippen molar-refractivity contribution < 1.29 is 19.5 Å². The molecule has 4 nitrogen and oxygen atoms in total. The lowest BCUT2D eigenvalue weighted by Crippen LogP contribution is -2.53. The Hall–Kier alpha value is -2.93. The first-order valence-electron chi connectivity index (χ1n) is 10.4. The van der Waals surface area contributed by atoms with E-state index in [-0.39, 0.29) is 34.7 Å². The van der Waals surface area contributed by atoms with Crippen LogP contribution in [0.1, 0.15) is 61.4 Å². The van der Waals surface area contributed by atoms with Crippen LogP contribution >= 0.6 is 0 Å². The third kappa shape index (κ3) is 2.45. The van der Waals surface area contributed by atoms with Crippen LogP contribution < -0.4 is 0 Å². The van der Waals surface area contributed by atoms with Crippen LogP contribution in [0, 0.1) is 43.4 Å². The van der Waals surface area contributed by atoms with E-state index in [1.165, 1.54) is 6.92 Å². The molecule has 3 atom stereocenters. The van der Waals surface area contributed by atoms with Gasteiger partial charge in [0.05, 0.1) is 11.0 Å². The Labute approximate surface area is 177 Å². The molecule has 1 fully saturated rings. The Morgan fingerprint density at radius 2 is 1.83 bits per heavy atom. The van der Waals surface area contributed by atoms with Crippen LogP contribution in [-0.4, -0.2) is 22.5 Å². The van der Waals surface area contributed by atoms with Crippen molar-refractivity contribution in [2.45, 2.75) is 53.9 Å². The van der Waals surface area contributed by atoms with Gasteiger partial charge in [-0.1, -0.05) is 11.5 Å². The topological polar surface area (TPSA) is 71.4 Å². The van der Waals surface area contributed by atoms with E-state index < -0.39 is 11.2 Å². The molecule has 1 aromatic rings. The summed E-state index contributed by atoms with van der Waals surface area (Å²) in [6.45, 7) is 8.65. The van der Waals surface area contributed by atoms with E-state index in [9.17, 15) is 19.5 Å². The van der Waals surface area contributed by atoms with Gasteiger partial charge < -0.3 is 5.11 Å². The molecule has 0 bridgehead atoms. The number of rotatable bonds is 1. The molecule has 4 rings (SSSR count). The van der Waals surface area contributed by atoms with E-state index in [0.717, 1.165) is 27.8 Å². The van der Waals surface area contributed by atoms with E-state index >= 15 is 0 Å². The lowest BCUT2D eigenvalue weighted by molar-refractivity contribution is -0.143. The summed E-state index contributed by atoms with van der Waals surface area (Å²) in [6.07, 6.45) is 7.44. The van der Waals surface area contributed by atoms with Gasteiger partial charge in [-0.3, -0.25) is 14.4 Å². The van der Waals surface area contributed by atoms with Gasteiger partial charge in [0.15, 0.2) is 17.3 Å². The first-order valence-corrected chi connectivity index (χ1v) is 10.4. The molecule has 3 aliphatic rings. The van der Waals surface area contributed by atoms with Crippen LogP contribution in [0.5, 0.6) is 0 Å². The quantitative estimate of drug-likeness (QED) is 0.434.